The van der Waals surface area contributed by atoms with Crippen molar-refractivity contribution in [1.29, 1.82) is 0 Å². The van der Waals surface area contributed by atoms with E-state index in [1.165, 1.54) is 0 Å². The van der Waals surface area contributed by atoms with Gasteiger partial charge in [-0.25, -0.2) is 0 Å². The zero-order valence-corrected chi connectivity index (χ0v) is 7.17. The van der Waals surface area contributed by atoms with Gasteiger partial charge in [0.1, 0.15) is 0 Å². The maximum absolute atomic E-state index is 10.7. The highest BCUT2D eigenvalue weighted by molar-refractivity contribution is 9.09. The van der Waals surface area contributed by atoms with Gasteiger partial charge in [0.05, 0.1) is 5.92 Å². The van der Waals surface area contributed by atoms with Gasteiger partial charge in [0.15, 0.2) is 0 Å². The SMILES string of the molecule is NC(=O)[C@@H]1CC=CC[C@H]1Br. The van der Waals surface area contributed by atoms with Crippen molar-refractivity contribution < 1.29 is 4.79 Å². The van der Waals surface area contributed by atoms with Crippen molar-refractivity contribution in [3.63, 3.8) is 0 Å². The Bertz CT molecular complexity index is 167. The van der Waals surface area contributed by atoms with Crippen LogP contribution in [0.4, 0.5) is 0 Å². The molecule has 0 saturated heterocycles. The highest BCUT2D eigenvalue weighted by atomic mass is 79.9. The maximum Gasteiger partial charge on any atom is 0.221 e. The number of alkyl halides is 1. The lowest BCUT2D eigenvalue weighted by Gasteiger charge is -2.19. The van der Waals surface area contributed by atoms with Crippen LogP contribution in [0.15, 0.2) is 12.2 Å². The molecule has 0 saturated carbocycles. The molecule has 2 N–H and O–H groups in total. The lowest BCUT2D eigenvalue weighted by Crippen LogP contribution is -2.31. The number of primary amides is 1. The smallest absolute Gasteiger partial charge is 0.221 e. The molecule has 0 fully saturated rings. The summed E-state index contributed by atoms with van der Waals surface area (Å²) in [4.78, 5) is 11.0. The van der Waals surface area contributed by atoms with Gasteiger partial charge in [-0.3, -0.25) is 4.79 Å². The lowest BCUT2D eigenvalue weighted by molar-refractivity contribution is -0.121. The summed E-state index contributed by atoms with van der Waals surface area (Å²) in [5, 5.41) is 0. The largest absolute Gasteiger partial charge is 0.369 e. The van der Waals surface area contributed by atoms with E-state index in [0.717, 1.165) is 12.8 Å². The first-order valence-corrected chi connectivity index (χ1v) is 4.22. The summed E-state index contributed by atoms with van der Waals surface area (Å²) in [6.07, 6.45) is 5.77. The van der Waals surface area contributed by atoms with Gasteiger partial charge < -0.3 is 5.73 Å². The quantitative estimate of drug-likeness (QED) is 0.506. The van der Waals surface area contributed by atoms with Crippen molar-refractivity contribution in [3.8, 4) is 0 Å². The second kappa shape index (κ2) is 3.19. The Labute approximate surface area is 68.6 Å². The van der Waals surface area contributed by atoms with Gasteiger partial charge in [-0.05, 0) is 12.8 Å². The van der Waals surface area contributed by atoms with Gasteiger partial charge >= 0.3 is 0 Å². The second-order valence-corrected chi connectivity index (χ2v) is 3.64. The molecule has 0 bridgehead atoms. The molecule has 1 aliphatic rings. The standard InChI is InChI=1S/C7H10BrNO/c8-6-4-2-1-3-5(6)7(9)10/h1-2,5-6H,3-4H2,(H2,9,10)/t5-,6-/m1/s1. The molecule has 1 rings (SSSR count). The zero-order chi connectivity index (χ0) is 7.56. The molecule has 1 amide bonds. The van der Waals surface area contributed by atoms with E-state index in [9.17, 15) is 4.79 Å². The van der Waals surface area contributed by atoms with E-state index in [1.807, 2.05) is 6.08 Å². The Morgan fingerprint density at radius 3 is 2.50 bits per heavy atom. The molecule has 2 nitrogen and oxygen atoms in total. The minimum Gasteiger partial charge on any atom is -0.369 e. The number of halogens is 1. The first-order valence-electron chi connectivity index (χ1n) is 3.30. The summed E-state index contributed by atoms with van der Waals surface area (Å²) in [5.74, 6) is -0.212. The van der Waals surface area contributed by atoms with Gasteiger partial charge in [-0.2, -0.15) is 0 Å². The number of hydrogen-bond acceptors (Lipinski definition) is 1. The summed E-state index contributed by atoms with van der Waals surface area (Å²) in [6, 6.07) is 0. The average molecular weight is 204 g/mol. The fraction of sp³-hybridized carbons (Fsp3) is 0.571. The molecule has 0 aliphatic heterocycles. The highest BCUT2D eigenvalue weighted by Crippen LogP contribution is 2.24. The molecule has 0 aromatic rings. The number of hydrogen-bond donors (Lipinski definition) is 1. The van der Waals surface area contributed by atoms with E-state index in [4.69, 9.17) is 5.73 Å². The van der Waals surface area contributed by atoms with Crippen LogP contribution in [0.1, 0.15) is 12.8 Å². The Kier molecular flexibility index (Phi) is 2.49. The van der Waals surface area contributed by atoms with E-state index in [2.05, 4.69) is 22.0 Å². The molecule has 0 spiro atoms. The molecular weight excluding hydrogens is 194 g/mol. The van der Waals surface area contributed by atoms with Crippen LogP contribution >= 0.6 is 15.9 Å². The van der Waals surface area contributed by atoms with Crippen LogP contribution in [0.25, 0.3) is 0 Å². The van der Waals surface area contributed by atoms with Crippen molar-refractivity contribution in [3.05, 3.63) is 12.2 Å². The van der Waals surface area contributed by atoms with Crippen molar-refractivity contribution in [2.45, 2.75) is 17.7 Å². The number of carbonyl (C=O) groups excluding carboxylic acids is 1. The minimum atomic E-state index is -0.203. The van der Waals surface area contributed by atoms with E-state index < -0.39 is 0 Å². The molecule has 0 unspecified atom stereocenters. The number of rotatable bonds is 1. The Morgan fingerprint density at radius 2 is 2.10 bits per heavy atom. The van der Waals surface area contributed by atoms with Crippen LogP contribution in [-0.4, -0.2) is 10.7 Å². The molecule has 1 aliphatic carbocycles. The lowest BCUT2D eigenvalue weighted by atomic mass is 9.94. The van der Waals surface area contributed by atoms with Crippen LogP contribution in [-0.2, 0) is 4.79 Å². The van der Waals surface area contributed by atoms with Gasteiger partial charge in [0.2, 0.25) is 5.91 Å². The first-order chi connectivity index (χ1) is 4.72. The predicted molar refractivity (Wildman–Crippen MR) is 43.8 cm³/mol. The molecule has 0 radical (unpaired) electrons. The van der Waals surface area contributed by atoms with E-state index >= 15 is 0 Å². The molecule has 2 atom stereocenters. The highest BCUT2D eigenvalue weighted by Gasteiger charge is 2.24. The maximum atomic E-state index is 10.7. The first kappa shape index (κ1) is 7.79. The van der Waals surface area contributed by atoms with Gasteiger partial charge in [0, 0.05) is 4.83 Å². The topological polar surface area (TPSA) is 43.1 Å². The zero-order valence-electron chi connectivity index (χ0n) is 5.59. The Hall–Kier alpha value is -0.310. The van der Waals surface area contributed by atoms with Gasteiger partial charge in [0.25, 0.3) is 0 Å². The normalized spacial score (nSPS) is 32.1. The van der Waals surface area contributed by atoms with Crippen LogP contribution in [0, 0.1) is 5.92 Å². The van der Waals surface area contributed by atoms with Crippen LogP contribution in [0.2, 0.25) is 0 Å². The van der Waals surface area contributed by atoms with Crippen LogP contribution in [0.3, 0.4) is 0 Å². The summed E-state index contributed by atoms with van der Waals surface area (Å²) in [5.41, 5.74) is 5.15. The van der Waals surface area contributed by atoms with Crippen molar-refractivity contribution >= 4 is 21.8 Å². The number of allylic oxidation sites excluding steroid dienone is 2. The fourth-order valence-corrected chi connectivity index (χ4v) is 1.77. The summed E-state index contributed by atoms with van der Waals surface area (Å²) in [6.45, 7) is 0. The third-order valence-electron chi connectivity index (χ3n) is 1.72. The van der Waals surface area contributed by atoms with Crippen molar-refractivity contribution in [2.75, 3.05) is 0 Å². The third-order valence-corrected chi connectivity index (χ3v) is 2.73. The Balaban J connectivity index is 2.59. The monoisotopic (exact) mass is 203 g/mol. The van der Waals surface area contributed by atoms with Crippen LogP contribution in [0.5, 0.6) is 0 Å². The predicted octanol–water partition coefficient (Wildman–Crippen LogP) is 1.20. The summed E-state index contributed by atoms with van der Waals surface area (Å²) >= 11 is 3.40. The number of carbonyl (C=O) groups is 1. The van der Waals surface area contributed by atoms with E-state index in [1.54, 1.807) is 0 Å². The third kappa shape index (κ3) is 1.59. The Morgan fingerprint density at radius 1 is 1.50 bits per heavy atom. The average Bonchev–Trinajstić information content (AvgIpc) is 1.88. The molecule has 56 valence electrons. The number of amides is 1. The van der Waals surface area contributed by atoms with E-state index in [-0.39, 0.29) is 16.7 Å². The molecule has 3 heteroatoms. The summed E-state index contributed by atoms with van der Waals surface area (Å²) < 4.78 is 0. The van der Waals surface area contributed by atoms with Gasteiger partial charge in [-0.1, -0.05) is 28.1 Å². The fourth-order valence-electron chi connectivity index (χ4n) is 1.08. The molecular formula is C7H10BrNO. The molecule has 0 aromatic carbocycles. The molecule has 0 heterocycles. The van der Waals surface area contributed by atoms with E-state index in [0.29, 0.717) is 0 Å². The van der Waals surface area contributed by atoms with Crippen molar-refractivity contribution in [2.24, 2.45) is 11.7 Å². The number of nitrogens with two attached hydrogens (primary N) is 1. The van der Waals surface area contributed by atoms with Gasteiger partial charge in [-0.15, -0.1) is 0 Å². The minimum absolute atomic E-state index is 0.00926. The summed E-state index contributed by atoms with van der Waals surface area (Å²) in [7, 11) is 0. The molecule has 10 heavy (non-hydrogen) atoms. The second-order valence-electron chi connectivity index (χ2n) is 2.47. The van der Waals surface area contributed by atoms with Crippen LogP contribution < -0.4 is 5.73 Å². The van der Waals surface area contributed by atoms with Crippen molar-refractivity contribution in [1.82, 2.24) is 0 Å². The molecule has 0 aromatic heterocycles.